The first kappa shape index (κ1) is 39.6. The molecule has 0 bridgehead atoms. The van der Waals surface area contributed by atoms with Gasteiger partial charge in [0.25, 0.3) is 11.8 Å². The zero-order valence-electron chi connectivity index (χ0n) is 33.2. The van der Waals surface area contributed by atoms with Crippen molar-refractivity contribution in [1.82, 2.24) is 20.0 Å². The van der Waals surface area contributed by atoms with Crippen molar-refractivity contribution in [3.63, 3.8) is 0 Å². The number of carbonyl (C=O) groups is 5. The van der Waals surface area contributed by atoms with Gasteiger partial charge in [-0.05, 0) is 116 Å². The van der Waals surface area contributed by atoms with Crippen LogP contribution in [0.3, 0.4) is 0 Å². The molecule has 1 unspecified atom stereocenters. The van der Waals surface area contributed by atoms with E-state index in [0.29, 0.717) is 41.6 Å². The number of hydrogen-bond acceptors (Lipinski definition) is 9. The van der Waals surface area contributed by atoms with Gasteiger partial charge in [0, 0.05) is 86.3 Å². The van der Waals surface area contributed by atoms with Gasteiger partial charge in [-0.1, -0.05) is 31.0 Å². The summed E-state index contributed by atoms with van der Waals surface area (Å²) in [7, 11) is 0. The van der Waals surface area contributed by atoms with Crippen LogP contribution in [0.1, 0.15) is 94.8 Å². The van der Waals surface area contributed by atoms with Gasteiger partial charge in [-0.2, -0.15) is 5.26 Å². The Morgan fingerprint density at radius 1 is 0.914 bits per heavy atom. The highest BCUT2D eigenvalue weighted by Crippen LogP contribution is 2.52. The molecule has 1 N–H and O–H groups in total. The van der Waals surface area contributed by atoms with Crippen LogP contribution in [0.2, 0.25) is 5.02 Å². The van der Waals surface area contributed by atoms with Crippen LogP contribution in [0.25, 0.3) is 0 Å². The third-order valence-electron chi connectivity index (χ3n) is 13.6. The molecule has 3 aromatic carbocycles. The zero-order chi connectivity index (χ0) is 40.8. The van der Waals surface area contributed by atoms with Crippen LogP contribution in [0.15, 0.2) is 54.6 Å². The molecule has 3 aromatic rings. The van der Waals surface area contributed by atoms with E-state index < -0.39 is 17.9 Å². The highest BCUT2D eigenvalue weighted by molar-refractivity contribution is 6.32. The third kappa shape index (κ3) is 7.35. The summed E-state index contributed by atoms with van der Waals surface area (Å²) in [5, 5.41) is 11.8. The number of halogens is 1. The number of likely N-dealkylation sites (tertiary alicyclic amines) is 1. The predicted octanol–water partition coefficient (Wildman–Crippen LogP) is 5.68. The fraction of sp³-hybridized carbons (Fsp3) is 0.467. The lowest BCUT2D eigenvalue weighted by Crippen LogP contribution is -2.67. The van der Waals surface area contributed by atoms with Gasteiger partial charge >= 0.3 is 0 Å². The summed E-state index contributed by atoms with van der Waals surface area (Å²) >= 11 is 6.33. The van der Waals surface area contributed by atoms with Crippen molar-refractivity contribution in [3.8, 4) is 6.07 Å². The zero-order valence-corrected chi connectivity index (χ0v) is 34.0. The molecule has 4 heterocycles. The van der Waals surface area contributed by atoms with Crippen LogP contribution in [0, 0.1) is 29.1 Å². The van der Waals surface area contributed by atoms with E-state index in [1.54, 1.807) is 0 Å². The van der Waals surface area contributed by atoms with Crippen LogP contribution in [-0.2, 0) is 27.5 Å². The first-order valence-corrected chi connectivity index (χ1v) is 20.8. The molecule has 13 heteroatoms. The van der Waals surface area contributed by atoms with E-state index in [-0.39, 0.29) is 29.6 Å². The van der Waals surface area contributed by atoms with E-state index >= 15 is 0 Å². The first-order valence-electron chi connectivity index (χ1n) is 20.5. The van der Waals surface area contributed by atoms with Crippen LogP contribution in [-0.4, -0.2) is 96.6 Å². The lowest BCUT2D eigenvalue weighted by molar-refractivity contribution is -0.133. The fourth-order valence-electron chi connectivity index (χ4n) is 10.3. The molecule has 302 valence electrons. The summed E-state index contributed by atoms with van der Waals surface area (Å²) in [4.78, 5) is 72.8. The number of nitriles is 1. The summed E-state index contributed by atoms with van der Waals surface area (Å²) in [6.45, 7) is 10.6. The van der Waals surface area contributed by atoms with Crippen molar-refractivity contribution in [2.75, 3.05) is 49.1 Å². The topological polar surface area (TPSA) is 137 Å². The number of piperidine rings is 1. The Hall–Kier alpha value is -5.25. The SMILES string of the molecule is CCCC(C(=O)NC=O)N(C=O)C(=O)c1cc2c(cc1C)CN(C1CC3(C1)CN(C(=O)c1ccc(N4CCC5(CC4)CCN(c4ccc(C#N)c(Cl)c4)C5)cc1)C3)C2. The number of nitrogens with zero attached hydrogens (tertiary/aromatic N) is 6. The molecule has 12 nitrogen and oxygen atoms in total. The molecular weight excluding hydrogens is 754 g/mol. The molecule has 1 saturated carbocycles. The monoisotopic (exact) mass is 803 g/mol. The second-order valence-electron chi connectivity index (χ2n) is 17.3. The molecule has 0 aromatic heterocycles. The lowest BCUT2D eigenvalue weighted by Gasteiger charge is -2.60. The standard InChI is InChI=1S/C45H50ClN7O5/c1-3-4-40(41(56)48-28-54)53(29-55)43(58)38-18-34-24-51(23-33(34)17-30(38)2)37-20-45(21-37)26-52(27-45)42(57)31-5-8-35(9-6-31)49-14-11-44(12-15-49)13-16-50(25-44)36-10-7-32(22-47)39(46)19-36/h5-10,17-19,28-29,37,40H,3-4,11-16,20-21,23-27H2,1-2H3,(H,48,54,56). The largest absolute Gasteiger partial charge is 0.371 e. The van der Waals surface area contributed by atoms with Gasteiger partial charge in [0.15, 0.2) is 0 Å². The van der Waals surface area contributed by atoms with Crippen molar-refractivity contribution >= 4 is 53.5 Å². The normalized spacial score (nSPS) is 19.9. The predicted molar refractivity (Wildman–Crippen MR) is 220 cm³/mol. The minimum Gasteiger partial charge on any atom is -0.371 e. The van der Waals surface area contributed by atoms with Gasteiger partial charge < -0.3 is 14.7 Å². The summed E-state index contributed by atoms with van der Waals surface area (Å²) in [6, 6.07) is 19.2. The number of rotatable bonds is 11. The molecule has 2 spiro atoms. The number of amides is 5. The van der Waals surface area contributed by atoms with Crippen molar-refractivity contribution < 1.29 is 24.0 Å². The number of anilines is 2. The molecule has 5 amide bonds. The number of nitrogens with one attached hydrogen (secondary N) is 1. The smallest absolute Gasteiger partial charge is 0.261 e. The van der Waals surface area contributed by atoms with E-state index in [1.807, 2.05) is 61.2 Å². The summed E-state index contributed by atoms with van der Waals surface area (Å²) < 4.78 is 0. The minimum atomic E-state index is -1.06. The molecule has 1 atom stereocenters. The average molecular weight is 804 g/mol. The number of fused-ring (bicyclic) bond motifs is 1. The van der Waals surface area contributed by atoms with Crippen molar-refractivity contribution in [3.05, 3.63) is 93.0 Å². The number of benzene rings is 3. The highest BCUT2D eigenvalue weighted by Gasteiger charge is 2.55. The van der Waals surface area contributed by atoms with Crippen LogP contribution >= 0.6 is 11.6 Å². The highest BCUT2D eigenvalue weighted by atomic mass is 35.5. The lowest BCUT2D eigenvalue weighted by atomic mass is 9.60. The van der Waals surface area contributed by atoms with Crippen LogP contribution < -0.4 is 15.1 Å². The van der Waals surface area contributed by atoms with Gasteiger partial charge in [-0.3, -0.25) is 39.1 Å². The molecule has 8 rings (SSSR count). The Morgan fingerprint density at radius 3 is 2.19 bits per heavy atom. The fourth-order valence-corrected chi connectivity index (χ4v) is 10.5. The Bertz CT molecular complexity index is 2160. The Morgan fingerprint density at radius 2 is 1.57 bits per heavy atom. The van der Waals surface area contributed by atoms with Crippen molar-refractivity contribution in [2.45, 2.75) is 84.0 Å². The summed E-state index contributed by atoms with van der Waals surface area (Å²) in [6.07, 6.45) is 6.87. The average Bonchev–Trinajstić information content (AvgIpc) is 3.80. The molecule has 3 saturated heterocycles. The van der Waals surface area contributed by atoms with Gasteiger partial charge in [0.1, 0.15) is 12.1 Å². The quantitative estimate of drug-likeness (QED) is 0.243. The van der Waals surface area contributed by atoms with Gasteiger partial charge in [-0.25, -0.2) is 0 Å². The second-order valence-corrected chi connectivity index (χ2v) is 17.7. The van der Waals surface area contributed by atoms with Gasteiger partial charge in [0.2, 0.25) is 18.7 Å². The third-order valence-corrected chi connectivity index (χ3v) is 14.0. The number of hydrogen-bond donors (Lipinski definition) is 1. The maximum Gasteiger partial charge on any atom is 0.261 e. The molecule has 58 heavy (non-hydrogen) atoms. The maximum atomic E-state index is 13.6. The molecule has 0 radical (unpaired) electrons. The first-order chi connectivity index (χ1) is 28.0. The minimum absolute atomic E-state index is 0.0857. The molecular formula is C45H50ClN7O5. The molecule has 4 fully saturated rings. The van der Waals surface area contributed by atoms with Crippen LogP contribution in [0.5, 0.6) is 0 Å². The van der Waals surface area contributed by atoms with E-state index in [9.17, 15) is 29.2 Å². The Labute approximate surface area is 344 Å². The molecule has 5 aliphatic rings. The summed E-state index contributed by atoms with van der Waals surface area (Å²) in [5.74, 6) is -1.14. The number of carbonyl (C=O) groups excluding carboxylic acids is 5. The van der Waals surface area contributed by atoms with E-state index in [4.69, 9.17) is 11.6 Å². The van der Waals surface area contributed by atoms with E-state index in [0.717, 1.165) is 116 Å². The van der Waals surface area contributed by atoms with Gasteiger partial charge in [0.05, 0.1) is 10.6 Å². The van der Waals surface area contributed by atoms with Gasteiger partial charge in [-0.15, -0.1) is 0 Å². The summed E-state index contributed by atoms with van der Waals surface area (Å²) in [5.41, 5.74) is 7.22. The van der Waals surface area contributed by atoms with Crippen molar-refractivity contribution in [2.24, 2.45) is 10.8 Å². The van der Waals surface area contributed by atoms with E-state index in [2.05, 4.69) is 38.2 Å². The maximum absolute atomic E-state index is 13.6. The van der Waals surface area contributed by atoms with E-state index in [1.165, 1.54) is 0 Å². The molecule has 1 aliphatic carbocycles. The van der Waals surface area contributed by atoms with Crippen LogP contribution in [0.4, 0.5) is 11.4 Å². The number of aryl methyl sites for hydroxylation is 1. The second kappa shape index (κ2) is 15.8. The molecule has 4 aliphatic heterocycles. The Balaban J connectivity index is 0.806. The Kier molecular flexibility index (Phi) is 10.8. The number of imide groups is 2. The van der Waals surface area contributed by atoms with Crippen molar-refractivity contribution in [1.29, 1.82) is 5.26 Å².